The number of hydrogen-bond acceptors (Lipinski definition) is 4. The van der Waals surface area contributed by atoms with Gasteiger partial charge in [0.1, 0.15) is 0 Å². The largest absolute Gasteiger partial charge is 0.354 e. The summed E-state index contributed by atoms with van der Waals surface area (Å²) in [6.45, 7) is 3.84. The summed E-state index contributed by atoms with van der Waals surface area (Å²) >= 11 is 0. The van der Waals surface area contributed by atoms with Crippen LogP contribution in [0.1, 0.15) is 13.3 Å². The van der Waals surface area contributed by atoms with Gasteiger partial charge in [-0.3, -0.25) is 9.78 Å². The minimum absolute atomic E-state index is 0.0631. The molecule has 1 aromatic carbocycles. The van der Waals surface area contributed by atoms with Crippen LogP contribution in [0.3, 0.4) is 0 Å². The first-order chi connectivity index (χ1) is 11.3. The number of pyridine rings is 1. The first kappa shape index (κ1) is 15.5. The highest BCUT2D eigenvalue weighted by atomic mass is 16.1. The molecule has 1 aromatic heterocycles. The fraction of sp³-hybridized carbons (Fsp3) is 0.333. The summed E-state index contributed by atoms with van der Waals surface area (Å²) in [6.07, 6.45) is 4.54. The molecule has 1 aliphatic rings. The Morgan fingerprint density at radius 2 is 1.96 bits per heavy atom. The quantitative estimate of drug-likeness (QED) is 0.794. The maximum absolute atomic E-state index is 12.4. The molecule has 2 heterocycles. The SMILES string of the molecule is CC[C@H]1CNC[C@@H]1C(=O)Nc1ccc(Nc2cccnc2)cc1. The van der Waals surface area contributed by atoms with Crippen molar-refractivity contribution in [3.8, 4) is 0 Å². The van der Waals surface area contributed by atoms with E-state index in [-0.39, 0.29) is 11.8 Å². The Morgan fingerprint density at radius 1 is 1.17 bits per heavy atom. The minimum atomic E-state index is 0.0631. The molecule has 2 aromatic rings. The van der Waals surface area contributed by atoms with Crippen LogP contribution >= 0.6 is 0 Å². The number of anilines is 3. The van der Waals surface area contributed by atoms with Crippen molar-refractivity contribution in [2.45, 2.75) is 13.3 Å². The molecular weight excluding hydrogens is 288 g/mol. The van der Waals surface area contributed by atoms with Crippen LogP contribution in [0.4, 0.5) is 17.1 Å². The van der Waals surface area contributed by atoms with Crippen LogP contribution in [-0.2, 0) is 4.79 Å². The lowest BCUT2D eigenvalue weighted by molar-refractivity contribution is -0.120. The van der Waals surface area contributed by atoms with Gasteiger partial charge in [0.25, 0.3) is 0 Å². The van der Waals surface area contributed by atoms with Crippen molar-refractivity contribution in [3.05, 3.63) is 48.8 Å². The lowest BCUT2D eigenvalue weighted by Crippen LogP contribution is -2.28. The molecule has 1 saturated heterocycles. The van der Waals surface area contributed by atoms with E-state index in [4.69, 9.17) is 0 Å². The van der Waals surface area contributed by atoms with Gasteiger partial charge in [-0.2, -0.15) is 0 Å². The highest BCUT2D eigenvalue weighted by Gasteiger charge is 2.31. The zero-order valence-corrected chi connectivity index (χ0v) is 13.3. The predicted octanol–water partition coefficient (Wildman–Crippen LogP) is 3.01. The normalized spacial score (nSPS) is 20.2. The molecule has 1 aliphatic heterocycles. The average Bonchev–Trinajstić information content (AvgIpc) is 3.06. The summed E-state index contributed by atoms with van der Waals surface area (Å²) in [5.74, 6) is 0.601. The second-order valence-corrected chi connectivity index (χ2v) is 5.87. The van der Waals surface area contributed by atoms with E-state index < -0.39 is 0 Å². The molecule has 120 valence electrons. The third kappa shape index (κ3) is 3.87. The zero-order valence-electron chi connectivity index (χ0n) is 13.3. The van der Waals surface area contributed by atoms with Gasteiger partial charge in [0, 0.05) is 24.1 Å². The van der Waals surface area contributed by atoms with Gasteiger partial charge in [-0.15, -0.1) is 0 Å². The molecule has 0 radical (unpaired) electrons. The Balaban J connectivity index is 1.60. The van der Waals surface area contributed by atoms with Crippen LogP contribution in [0.2, 0.25) is 0 Å². The van der Waals surface area contributed by atoms with Crippen molar-refractivity contribution in [1.29, 1.82) is 0 Å². The van der Waals surface area contributed by atoms with Crippen LogP contribution in [-0.4, -0.2) is 24.0 Å². The van der Waals surface area contributed by atoms with Gasteiger partial charge >= 0.3 is 0 Å². The van der Waals surface area contributed by atoms with E-state index in [1.807, 2.05) is 36.4 Å². The molecule has 5 nitrogen and oxygen atoms in total. The van der Waals surface area contributed by atoms with E-state index >= 15 is 0 Å². The zero-order chi connectivity index (χ0) is 16.1. The molecule has 3 N–H and O–H groups in total. The Hall–Kier alpha value is -2.40. The Labute approximate surface area is 136 Å². The number of nitrogens with zero attached hydrogens (tertiary/aromatic N) is 1. The van der Waals surface area contributed by atoms with Crippen molar-refractivity contribution < 1.29 is 4.79 Å². The molecule has 23 heavy (non-hydrogen) atoms. The van der Waals surface area contributed by atoms with Crippen molar-refractivity contribution in [1.82, 2.24) is 10.3 Å². The summed E-state index contributed by atoms with van der Waals surface area (Å²) in [5, 5.41) is 9.59. The number of amides is 1. The van der Waals surface area contributed by atoms with Gasteiger partial charge in [-0.25, -0.2) is 0 Å². The number of benzene rings is 1. The number of nitrogens with one attached hydrogen (secondary N) is 3. The van der Waals surface area contributed by atoms with Crippen molar-refractivity contribution in [2.24, 2.45) is 11.8 Å². The predicted molar refractivity (Wildman–Crippen MR) is 92.7 cm³/mol. The van der Waals surface area contributed by atoms with Gasteiger partial charge in [-0.05, 0) is 48.9 Å². The molecule has 0 unspecified atom stereocenters. The van der Waals surface area contributed by atoms with Gasteiger partial charge in [-0.1, -0.05) is 13.3 Å². The molecule has 0 spiro atoms. The Bertz CT molecular complexity index is 642. The number of hydrogen-bond donors (Lipinski definition) is 3. The molecule has 0 bridgehead atoms. The topological polar surface area (TPSA) is 66.1 Å². The van der Waals surface area contributed by atoms with Crippen molar-refractivity contribution in [2.75, 3.05) is 23.7 Å². The molecule has 0 saturated carbocycles. The summed E-state index contributed by atoms with van der Waals surface area (Å²) in [6, 6.07) is 11.6. The average molecular weight is 310 g/mol. The maximum atomic E-state index is 12.4. The summed E-state index contributed by atoms with van der Waals surface area (Å²) in [5.41, 5.74) is 2.73. The first-order valence-electron chi connectivity index (χ1n) is 8.05. The van der Waals surface area contributed by atoms with Gasteiger partial charge in [0.2, 0.25) is 5.91 Å². The molecule has 3 rings (SSSR count). The van der Waals surface area contributed by atoms with E-state index in [0.29, 0.717) is 5.92 Å². The van der Waals surface area contributed by atoms with E-state index in [2.05, 4.69) is 27.9 Å². The standard InChI is InChI=1S/C18H22N4O/c1-2-13-10-20-12-17(13)18(23)22-15-7-5-14(6-8-15)21-16-4-3-9-19-11-16/h3-9,11,13,17,20-21H,2,10,12H2,1H3,(H,22,23)/t13-,17-/m0/s1. The molecule has 2 atom stereocenters. The lowest BCUT2D eigenvalue weighted by Gasteiger charge is -2.16. The second-order valence-electron chi connectivity index (χ2n) is 5.87. The third-order valence-electron chi connectivity index (χ3n) is 4.30. The Kier molecular flexibility index (Phi) is 4.88. The number of carbonyl (C=O) groups excluding carboxylic acids is 1. The maximum Gasteiger partial charge on any atom is 0.229 e. The molecule has 1 fully saturated rings. The van der Waals surface area contributed by atoms with E-state index in [1.54, 1.807) is 12.4 Å². The van der Waals surface area contributed by atoms with Gasteiger partial charge in [0.15, 0.2) is 0 Å². The van der Waals surface area contributed by atoms with Crippen LogP contribution in [0.25, 0.3) is 0 Å². The highest BCUT2D eigenvalue weighted by Crippen LogP contribution is 2.23. The fourth-order valence-corrected chi connectivity index (χ4v) is 2.94. The van der Waals surface area contributed by atoms with Crippen molar-refractivity contribution >= 4 is 23.0 Å². The van der Waals surface area contributed by atoms with Crippen LogP contribution in [0.5, 0.6) is 0 Å². The summed E-state index contributed by atoms with van der Waals surface area (Å²) < 4.78 is 0. The smallest absolute Gasteiger partial charge is 0.229 e. The molecule has 1 amide bonds. The fourth-order valence-electron chi connectivity index (χ4n) is 2.94. The van der Waals surface area contributed by atoms with E-state index in [0.717, 1.165) is 36.6 Å². The van der Waals surface area contributed by atoms with E-state index in [1.165, 1.54) is 0 Å². The first-order valence-corrected chi connectivity index (χ1v) is 8.05. The van der Waals surface area contributed by atoms with Crippen LogP contribution < -0.4 is 16.0 Å². The van der Waals surface area contributed by atoms with Gasteiger partial charge in [0.05, 0.1) is 17.8 Å². The Morgan fingerprint density at radius 3 is 2.65 bits per heavy atom. The van der Waals surface area contributed by atoms with Crippen molar-refractivity contribution in [3.63, 3.8) is 0 Å². The monoisotopic (exact) mass is 310 g/mol. The number of carbonyl (C=O) groups is 1. The highest BCUT2D eigenvalue weighted by molar-refractivity contribution is 5.93. The molecule has 0 aliphatic carbocycles. The minimum Gasteiger partial charge on any atom is -0.354 e. The van der Waals surface area contributed by atoms with Crippen LogP contribution in [0.15, 0.2) is 48.8 Å². The summed E-state index contributed by atoms with van der Waals surface area (Å²) in [4.78, 5) is 16.5. The molecular formula is C18H22N4O. The molecule has 5 heteroatoms. The number of rotatable bonds is 5. The lowest BCUT2D eigenvalue weighted by atomic mass is 9.93. The number of aromatic nitrogens is 1. The third-order valence-corrected chi connectivity index (χ3v) is 4.30. The van der Waals surface area contributed by atoms with Crippen LogP contribution in [0, 0.1) is 11.8 Å². The van der Waals surface area contributed by atoms with E-state index in [9.17, 15) is 4.79 Å². The summed E-state index contributed by atoms with van der Waals surface area (Å²) in [7, 11) is 0. The van der Waals surface area contributed by atoms with Gasteiger partial charge < -0.3 is 16.0 Å². The second kappa shape index (κ2) is 7.24.